The van der Waals surface area contributed by atoms with Crippen molar-refractivity contribution in [3.05, 3.63) is 34.3 Å². The molecule has 15 heavy (non-hydrogen) atoms. The highest BCUT2D eigenvalue weighted by atomic mass is 79.9. The predicted molar refractivity (Wildman–Crippen MR) is 62.5 cm³/mol. The van der Waals surface area contributed by atoms with Crippen LogP contribution >= 0.6 is 15.9 Å². The topological polar surface area (TPSA) is 61.2 Å². The van der Waals surface area contributed by atoms with Gasteiger partial charge in [0, 0.05) is 10.4 Å². The molecule has 1 aromatic rings. The zero-order chi connectivity index (χ0) is 11.4. The summed E-state index contributed by atoms with van der Waals surface area (Å²) in [6.45, 7) is 1.88. The van der Waals surface area contributed by atoms with E-state index in [4.69, 9.17) is 10.5 Å². The maximum atomic E-state index is 10.7. The largest absolute Gasteiger partial charge is 0.477 e. The van der Waals surface area contributed by atoms with Crippen molar-refractivity contribution in [1.29, 1.82) is 5.41 Å². The number of benzene rings is 1. The summed E-state index contributed by atoms with van der Waals surface area (Å²) in [7, 11) is 0. The number of aliphatic carboxylic acids is 1. The molecule has 80 valence electrons. The molecule has 0 heterocycles. The summed E-state index contributed by atoms with van der Waals surface area (Å²) in [5.74, 6) is -1.47. The quantitative estimate of drug-likeness (QED) is 0.826. The number of halogens is 1. The van der Waals surface area contributed by atoms with Crippen LogP contribution in [0.4, 0.5) is 0 Å². The van der Waals surface area contributed by atoms with Crippen LogP contribution < -0.4 is 0 Å². The van der Waals surface area contributed by atoms with E-state index in [1.165, 1.54) is 0 Å². The smallest absolute Gasteiger partial charge is 0.350 e. The van der Waals surface area contributed by atoms with E-state index in [-0.39, 0.29) is 11.6 Å². The highest BCUT2D eigenvalue weighted by Crippen LogP contribution is 2.22. The van der Waals surface area contributed by atoms with E-state index >= 15 is 0 Å². The second-order valence-electron chi connectivity index (χ2n) is 3.23. The first-order chi connectivity index (χ1) is 7.06. The first-order valence-electron chi connectivity index (χ1n) is 4.63. The summed E-state index contributed by atoms with van der Waals surface area (Å²) in [5, 5.41) is 16.2. The molecular formula is C11H12BrNO2. The molecule has 0 radical (unpaired) electrons. The van der Waals surface area contributed by atoms with Crippen LogP contribution in [0.1, 0.15) is 24.8 Å². The van der Waals surface area contributed by atoms with Gasteiger partial charge >= 0.3 is 5.97 Å². The van der Waals surface area contributed by atoms with Crippen molar-refractivity contribution < 1.29 is 9.90 Å². The Morgan fingerprint density at radius 3 is 2.40 bits per heavy atom. The molecule has 1 atom stereocenters. The van der Waals surface area contributed by atoms with Crippen molar-refractivity contribution in [2.45, 2.75) is 19.3 Å². The van der Waals surface area contributed by atoms with Gasteiger partial charge in [0.05, 0.1) is 0 Å². The number of rotatable bonds is 4. The third-order valence-corrected chi connectivity index (χ3v) is 2.79. The molecule has 0 spiro atoms. The molecule has 0 bridgehead atoms. The lowest BCUT2D eigenvalue weighted by Crippen LogP contribution is -2.20. The van der Waals surface area contributed by atoms with Gasteiger partial charge in [-0.2, -0.15) is 0 Å². The van der Waals surface area contributed by atoms with Crippen molar-refractivity contribution in [1.82, 2.24) is 0 Å². The van der Waals surface area contributed by atoms with Crippen LogP contribution in [-0.4, -0.2) is 16.8 Å². The fourth-order valence-electron chi connectivity index (χ4n) is 1.45. The summed E-state index contributed by atoms with van der Waals surface area (Å²) in [4.78, 5) is 10.7. The Balaban J connectivity index is 2.97. The highest BCUT2D eigenvalue weighted by molar-refractivity contribution is 9.10. The van der Waals surface area contributed by atoms with Crippen LogP contribution in [0.5, 0.6) is 0 Å². The average Bonchev–Trinajstić information content (AvgIpc) is 2.21. The van der Waals surface area contributed by atoms with Gasteiger partial charge in [0.1, 0.15) is 5.71 Å². The van der Waals surface area contributed by atoms with Crippen LogP contribution in [0.25, 0.3) is 0 Å². The average molecular weight is 270 g/mol. The third-order valence-electron chi connectivity index (χ3n) is 2.26. The maximum Gasteiger partial charge on any atom is 0.350 e. The van der Waals surface area contributed by atoms with Gasteiger partial charge in [0.25, 0.3) is 0 Å². The van der Waals surface area contributed by atoms with E-state index in [1.54, 1.807) is 0 Å². The lowest BCUT2D eigenvalue weighted by molar-refractivity contribution is -0.129. The lowest BCUT2D eigenvalue weighted by atomic mass is 9.92. The molecule has 1 rings (SSSR count). The Hall–Kier alpha value is -1.16. The molecule has 0 aromatic heterocycles. The van der Waals surface area contributed by atoms with Gasteiger partial charge in [-0.3, -0.25) is 5.41 Å². The van der Waals surface area contributed by atoms with Crippen LogP contribution in [0, 0.1) is 5.41 Å². The second-order valence-corrected chi connectivity index (χ2v) is 4.15. The van der Waals surface area contributed by atoms with E-state index < -0.39 is 5.97 Å². The molecule has 0 aliphatic carbocycles. The van der Waals surface area contributed by atoms with Crippen molar-refractivity contribution in [3.8, 4) is 0 Å². The van der Waals surface area contributed by atoms with Crippen LogP contribution in [0.3, 0.4) is 0 Å². The molecule has 0 aliphatic rings. The molecular weight excluding hydrogens is 258 g/mol. The monoisotopic (exact) mass is 269 g/mol. The van der Waals surface area contributed by atoms with Gasteiger partial charge in [-0.1, -0.05) is 35.0 Å². The van der Waals surface area contributed by atoms with Crippen molar-refractivity contribution >= 4 is 27.6 Å². The Bertz CT molecular complexity index is 373. The Labute approximate surface area is 96.8 Å². The maximum absolute atomic E-state index is 10.7. The highest BCUT2D eigenvalue weighted by Gasteiger charge is 2.20. The molecule has 0 fully saturated rings. The summed E-state index contributed by atoms with van der Waals surface area (Å²) in [6.07, 6.45) is 0.618. The van der Waals surface area contributed by atoms with Gasteiger partial charge in [-0.25, -0.2) is 4.79 Å². The first kappa shape index (κ1) is 11.9. The SMILES string of the molecule is CC[C@@H](C(=N)C(=O)O)c1ccc(Br)cc1. The second kappa shape index (κ2) is 5.07. The van der Waals surface area contributed by atoms with E-state index in [2.05, 4.69) is 15.9 Å². The summed E-state index contributed by atoms with van der Waals surface area (Å²) in [6, 6.07) is 7.39. The van der Waals surface area contributed by atoms with Crippen LogP contribution in [0.2, 0.25) is 0 Å². The zero-order valence-electron chi connectivity index (χ0n) is 8.33. The van der Waals surface area contributed by atoms with Gasteiger partial charge in [0.15, 0.2) is 0 Å². The Morgan fingerprint density at radius 1 is 1.47 bits per heavy atom. The van der Waals surface area contributed by atoms with E-state index in [1.807, 2.05) is 31.2 Å². The fourth-order valence-corrected chi connectivity index (χ4v) is 1.71. The standard InChI is InChI=1S/C11H12BrNO2/c1-2-9(10(13)11(14)15)7-3-5-8(12)6-4-7/h3-6,9,13H,2H2,1H3,(H,14,15)/t9-/m1/s1. The molecule has 2 N–H and O–H groups in total. The number of hydrogen-bond acceptors (Lipinski definition) is 2. The first-order valence-corrected chi connectivity index (χ1v) is 5.42. The summed E-state index contributed by atoms with van der Waals surface area (Å²) in [5.41, 5.74) is 0.618. The number of carboxylic acid groups (broad SMARTS) is 1. The van der Waals surface area contributed by atoms with Gasteiger partial charge in [0.2, 0.25) is 0 Å². The molecule has 0 saturated heterocycles. The molecule has 0 aliphatic heterocycles. The Morgan fingerprint density at radius 2 is 2.00 bits per heavy atom. The van der Waals surface area contributed by atoms with Gasteiger partial charge in [-0.05, 0) is 24.1 Å². The normalized spacial score (nSPS) is 12.1. The molecule has 4 heteroatoms. The number of carboxylic acids is 1. The molecule has 1 aromatic carbocycles. The molecule has 0 unspecified atom stereocenters. The molecule has 3 nitrogen and oxygen atoms in total. The van der Waals surface area contributed by atoms with Crippen molar-refractivity contribution in [2.24, 2.45) is 0 Å². The van der Waals surface area contributed by atoms with E-state index in [0.29, 0.717) is 6.42 Å². The minimum atomic E-state index is -1.15. The third kappa shape index (κ3) is 2.89. The zero-order valence-corrected chi connectivity index (χ0v) is 9.91. The molecule has 0 amide bonds. The number of carbonyl (C=O) groups is 1. The number of hydrogen-bond donors (Lipinski definition) is 2. The van der Waals surface area contributed by atoms with Crippen molar-refractivity contribution in [3.63, 3.8) is 0 Å². The van der Waals surface area contributed by atoms with Gasteiger partial charge < -0.3 is 5.11 Å². The van der Waals surface area contributed by atoms with Crippen LogP contribution in [0.15, 0.2) is 28.7 Å². The lowest BCUT2D eigenvalue weighted by Gasteiger charge is -2.13. The minimum Gasteiger partial charge on any atom is -0.477 e. The summed E-state index contributed by atoms with van der Waals surface area (Å²) >= 11 is 3.31. The fraction of sp³-hybridized carbons (Fsp3) is 0.273. The van der Waals surface area contributed by atoms with Gasteiger partial charge in [-0.15, -0.1) is 0 Å². The number of nitrogens with one attached hydrogen (secondary N) is 1. The minimum absolute atomic E-state index is 0.250. The molecule has 0 saturated carbocycles. The summed E-state index contributed by atoms with van der Waals surface area (Å²) < 4.78 is 0.947. The van der Waals surface area contributed by atoms with E-state index in [0.717, 1.165) is 10.0 Å². The predicted octanol–water partition coefficient (Wildman–Crippen LogP) is 3.05. The Kier molecular flexibility index (Phi) is 4.03. The van der Waals surface area contributed by atoms with Crippen LogP contribution in [-0.2, 0) is 4.79 Å². The van der Waals surface area contributed by atoms with E-state index in [9.17, 15) is 4.79 Å². The van der Waals surface area contributed by atoms with Crippen molar-refractivity contribution in [2.75, 3.05) is 0 Å².